The van der Waals surface area contributed by atoms with Crippen molar-refractivity contribution in [3.8, 4) is 0 Å². The Labute approximate surface area is 113 Å². The van der Waals surface area contributed by atoms with Crippen LogP contribution in [0.2, 0.25) is 0 Å². The number of aryl methyl sites for hydroxylation is 1. The number of amides is 1. The molecule has 0 fully saturated rings. The molecule has 0 spiro atoms. The SMILES string of the molecule is CN(CCO)C(=O)CCn1cnc2sccc2c1=O. The van der Waals surface area contributed by atoms with E-state index in [4.69, 9.17) is 5.11 Å². The van der Waals surface area contributed by atoms with Gasteiger partial charge in [-0.15, -0.1) is 11.3 Å². The predicted octanol–water partition coefficient (Wildman–Crippen LogP) is 0.299. The summed E-state index contributed by atoms with van der Waals surface area (Å²) < 4.78 is 1.44. The van der Waals surface area contributed by atoms with E-state index in [1.165, 1.54) is 27.1 Å². The molecule has 0 aliphatic rings. The third kappa shape index (κ3) is 2.99. The van der Waals surface area contributed by atoms with Crippen LogP contribution in [0.3, 0.4) is 0 Å². The van der Waals surface area contributed by atoms with Crippen molar-refractivity contribution in [1.82, 2.24) is 14.5 Å². The third-order valence-corrected chi connectivity index (χ3v) is 3.70. The Morgan fingerprint density at radius 2 is 2.37 bits per heavy atom. The average molecular weight is 281 g/mol. The first-order chi connectivity index (χ1) is 9.13. The van der Waals surface area contributed by atoms with Crippen LogP contribution in [0.25, 0.3) is 10.2 Å². The van der Waals surface area contributed by atoms with Crippen LogP contribution < -0.4 is 5.56 Å². The number of carbonyl (C=O) groups is 1. The minimum atomic E-state index is -0.121. The van der Waals surface area contributed by atoms with Crippen LogP contribution in [0.1, 0.15) is 6.42 Å². The molecule has 0 atom stereocenters. The van der Waals surface area contributed by atoms with Crippen molar-refractivity contribution in [2.75, 3.05) is 20.2 Å². The number of carbonyl (C=O) groups excluding carboxylic acids is 1. The summed E-state index contributed by atoms with van der Waals surface area (Å²) in [6.45, 7) is 0.534. The largest absolute Gasteiger partial charge is 0.395 e. The quantitative estimate of drug-likeness (QED) is 0.855. The highest BCUT2D eigenvalue weighted by Crippen LogP contribution is 2.13. The summed E-state index contributed by atoms with van der Waals surface area (Å²) in [6, 6.07) is 1.74. The van der Waals surface area contributed by atoms with Gasteiger partial charge in [0, 0.05) is 26.6 Å². The van der Waals surface area contributed by atoms with E-state index in [0.29, 0.717) is 23.3 Å². The van der Waals surface area contributed by atoms with Crippen molar-refractivity contribution in [3.63, 3.8) is 0 Å². The summed E-state index contributed by atoms with van der Waals surface area (Å²) in [5, 5.41) is 11.2. The zero-order valence-corrected chi connectivity index (χ0v) is 11.4. The summed E-state index contributed by atoms with van der Waals surface area (Å²) in [5.41, 5.74) is -0.121. The van der Waals surface area contributed by atoms with Crippen LogP contribution in [0.15, 0.2) is 22.6 Å². The molecule has 1 N–H and O–H groups in total. The Balaban J connectivity index is 2.08. The molecule has 2 heterocycles. The minimum Gasteiger partial charge on any atom is -0.395 e. The highest BCUT2D eigenvalue weighted by Gasteiger charge is 2.10. The van der Waals surface area contributed by atoms with Crippen molar-refractivity contribution in [1.29, 1.82) is 0 Å². The molecule has 102 valence electrons. The number of aromatic nitrogens is 2. The van der Waals surface area contributed by atoms with E-state index < -0.39 is 0 Å². The fourth-order valence-corrected chi connectivity index (χ4v) is 2.46. The molecule has 2 aromatic rings. The molecule has 0 saturated carbocycles. The van der Waals surface area contributed by atoms with Gasteiger partial charge in [0.1, 0.15) is 4.83 Å². The summed E-state index contributed by atoms with van der Waals surface area (Å²) in [6.07, 6.45) is 1.69. The zero-order chi connectivity index (χ0) is 13.8. The van der Waals surface area contributed by atoms with E-state index in [0.717, 1.165) is 0 Å². The van der Waals surface area contributed by atoms with Gasteiger partial charge in [0.2, 0.25) is 5.91 Å². The fourth-order valence-electron chi connectivity index (χ4n) is 1.73. The highest BCUT2D eigenvalue weighted by molar-refractivity contribution is 7.16. The maximum Gasteiger partial charge on any atom is 0.262 e. The number of fused-ring (bicyclic) bond motifs is 1. The molecular weight excluding hydrogens is 266 g/mol. The number of likely N-dealkylation sites (N-methyl/N-ethyl adjacent to an activating group) is 1. The molecular formula is C12H15N3O3S. The lowest BCUT2D eigenvalue weighted by Gasteiger charge is -2.15. The average Bonchev–Trinajstić information content (AvgIpc) is 2.87. The van der Waals surface area contributed by atoms with Crippen molar-refractivity contribution in [2.24, 2.45) is 0 Å². The van der Waals surface area contributed by atoms with Gasteiger partial charge in [-0.3, -0.25) is 14.2 Å². The smallest absolute Gasteiger partial charge is 0.262 e. The second-order valence-electron chi connectivity index (χ2n) is 4.17. The topological polar surface area (TPSA) is 75.4 Å². The summed E-state index contributed by atoms with van der Waals surface area (Å²) in [4.78, 5) is 30.1. The van der Waals surface area contributed by atoms with E-state index in [2.05, 4.69) is 4.98 Å². The molecule has 0 saturated heterocycles. The predicted molar refractivity (Wildman–Crippen MR) is 73.2 cm³/mol. The second-order valence-corrected chi connectivity index (χ2v) is 5.07. The molecule has 0 bridgehead atoms. The van der Waals surface area contributed by atoms with Crippen molar-refractivity contribution in [3.05, 3.63) is 28.1 Å². The number of hydrogen-bond acceptors (Lipinski definition) is 5. The van der Waals surface area contributed by atoms with Crippen LogP contribution >= 0.6 is 11.3 Å². The van der Waals surface area contributed by atoms with Gasteiger partial charge in [-0.2, -0.15) is 0 Å². The molecule has 0 aliphatic heterocycles. The van der Waals surface area contributed by atoms with E-state index in [1.807, 2.05) is 5.38 Å². The molecule has 2 aromatic heterocycles. The summed E-state index contributed by atoms with van der Waals surface area (Å²) in [5.74, 6) is -0.105. The molecule has 1 amide bonds. The molecule has 6 nitrogen and oxygen atoms in total. The van der Waals surface area contributed by atoms with Crippen LogP contribution in [-0.4, -0.2) is 45.7 Å². The van der Waals surface area contributed by atoms with Crippen molar-refractivity contribution in [2.45, 2.75) is 13.0 Å². The Kier molecular flexibility index (Phi) is 4.28. The first-order valence-corrected chi connectivity index (χ1v) is 6.79. The van der Waals surface area contributed by atoms with Crippen molar-refractivity contribution >= 4 is 27.5 Å². The lowest BCUT2D eigenvalue weighted by atomic mass is 10.3. The van der Waals surface area contributed by atoms with Gasteiger partial charge >= 0.3 is 0 Å². The molecule has 0 unspecified atom stereocenters. The number of aliphatic hydroxyl groups excluding tert-OH is 1. The lowest BCUT2D eigenvalue weighted by molar-refractivity contribution is -0.130. The molecule has 0 aromatic carbocycles. The number of hydrogen-bond donors (Lipinski definition) is 1. The number of rotatable bonds is 5. The fraction of sp³-hybridized carbons (Fsp3) is 0.417. The van der Waals surface area contributed by atoms with Crippen LogP contribution in [0.4, 0.5) is 0 Å². The van der Waals surface area contributed by atoms with Crippen LogP contribution in [0, 0.1) is 0 Å². The van der Waals surface area contributed by atoms with Gasteiger partial charge < -0.3 is 10.0 Å². The van der Waals surface area contributed by atoms with Gasteiger partial charge in [0.15, 0.2) is 0 Å². The zero-order valence-electron chi connectivity index (χ0n) is 10.6. The van der Waals surface area contributed by atoms with Gasteiger partial charge in [0.05, 0.1) is 18.3 Å². The van der Waals surface area contributed by atoms with E-state index in [-0.39, 0.29) is 24.5 Å². The summed E-state index contributed by atoms with van der Waals surface area (Å²) >= 11 is 1.42. The number of nitrogens with zero attached hydrogens (tertiary/aromatic N) is 3. The highest BCUT2D eigenvalue weighted by atomic mass is 32.1. The van der Waals surface area contributed by atoms with Crippen molar-refractivity contribution < 1.29 is 9.90 Å². The molecule has 2 rings (SSSR count). The van der Waals surface area contributed by atoms with Gasteiger partial charge in [-0.25, -0.2) is 4.98 Å². The lowest BCUT2D eigenvalue weighted by Crippen LogP contribution is -2.31. The Morgan fingerprint density at radius 3 is 3.11 bits per heavy atom. The maximum absolute atomic E-state index is 12.1. The van der Waals surface area contributed by atoms with Crippen LogP contribution in [0.5, 0.6) is 0 Å². The summed E-state index contributed by atoms with van der Waals surface area (Å²) in [7, 11) is 1.63. The standard InChI is InChI=1S/C12H15N3O3S/c1-14(5-6-16)10(17)2-4-15-8-13-11-9(12(15)18)3-7-19-11/h3,7-8,16H,2,4-6H2,1H3. The van der Waals surface area contributed by atoms with E-state index >= 15 is 0 Å². The third-order valence-electron chi connectivity index (χ3n) is 2.88. The first-order valence-electron chi connectivity index (χ1n) is 5.91. The van der Waals surface area contributed by atoms with Gasteiger partial charge in [-0.05, 0) is 11.4 Å². The minimum absolute atomic E-state index is 0.0649. The Bertz CT molecular complexity index is 634. The molecule has 7 heteroatoms. The normalized spacial score (nSPS) is 10.8. The molecule has 19 heavy (non-hydrogen) atoms. The van der Waals surface area contributed by atoms with Crippen LogP contribution in [-0.2, 0) is 11.3 Å². The number of thiophene rings is 1. The van der Waals surface area contributed by atoms with Gasteiger partial charge in [0.25, 0.3) is 5.56 Å². The first kappa shape index (κ1) is 13.7. The van der Waals surface area contributed by atoms with E-state index in [9.17, 15) is 9.59 Å². The Morgan fingerprint density at radius 1 is 1.58 bits per heavy atom. The second kappa shape index (κ2) is 5.94. The number of aliphatic hydroxyl groups is 1. The molecule has 0 aliphatic carbocycles. The van der Waals surface area contributed by atoms with Gasteiger partial charge in [-0.1, -0.05) is 0 Å². The molecule has 0 radical (unpaired) electrons. The Hall–Kier alpha value is -1.73. The van der Waals surface area contributed by atoms with E-state index in [1.54, 1.807) is 13.1 Å². The maximum atomic E-state index is 12.1. The monoisotopic (exact) mass is 281 g/mol.